The summed E-state index contributed by atoms with van der Waals surface area (Å²) in [5.74, 6) is 0.640. The Morgan fingerprint density at radius 1 is 1.11 bits per heavy atom. The molecule has 0 radical (unpaired) electrons. The van der Waals surface area contributed by atoms with Crippen LogP contribution in [0.5, 0.6) is 0 Å². The van der Waals surface area contributed by atoms with Crippen molar-refractivity contribution >= 4 is 26.7 Å². The highest BCUT2D eigenvalue weighted by atomic mass is 32.2. The van der Waals surface area contributed by atoms with Crippen molar-refractivity contribution < 1.29 is 8.42 Å². The second-order valence-electron chi connectivity index (χ2n) is 6.21. The first-order valence-electron chi connectivity index (χ1n) is 8.18. The molecule has 28 heavy (non-hydrogen) atoms. The van der Waals surface area contributed by atoms with Crippen LogP contribution in [-0.4, -0.2) is 34.6 Å². The maximum absolute atomic E-state index is 11.6. The van der Waals surface area contributed by atoms with Crippen molar-refractivity contribution in [1.29, 1.82) is 5.26 Å². The highest BCUT2D eigenvalue weighted by Gasteiger charge is 2.14. The van der Waals surface area contributed by atoms with Gasteiger partial charge in [-0.25, -0.2) is 23.4 Å². The van der Waals surface area contributed by atoms with Gasteiger partial charge in [0.05, 0.1) is 39.5 Å². The molecular weight excluding hydrogens is 376 g/mol. The fourth-order valence-corrected chi connectivity index (χ4v) is 3.41. The van der Waals surface area contributed by atoms with E-state index in [0.29, 0.717) is 39.4 Å². The molecule has 0 unspecified atom stereocenters. The molecular formula is C19H14N6O2S. The minimum absolute atomic E-state index is 0.205. The van der Waals surface area contributed by atoms with Gasteiger partial charge >= 0.3 is 0 Å². The normalized spacial score (nSPS) is 11.4. The van der Waals surface area contributed by atoms with Crippen LogP contribution in [0.1, 0.15) is 5.56 Å². The number of imidazole rings is 1. The van der Waals surface area contributed by atoms with Gasteiger partial charge in [-0.1, -0.05) is 12.1 Å². The molecule has 0 saturated carbocycles. The minimum Gasteiger partial charge on any atom is -0.382 e. The van der Waals surface area contributed by atoms with E-state index in [1.54, 1.807) is 30.3 Å². The number of sulfone groups is 1. The second-order valence-corrected chi connectivity index (χ2v) is 8.23. The number of nitriles is 1. The zero-order valence-corrected chi connectivity index (χ0v) is 15.5. The number of fused-ring (bicyclic) bond motifs is 1. The first-order chi connectivity index (χ1) is 13.3. The van der Waals surface area contributed by atoms with Crippen LogP contribution >= 0.6 is 0 Å². The van der Waals surface area contributed by atoms with Crippen LogP contribution in [-0.2, 0) is 9.84 Å². The van der Waals surface area contributed by atoms with Gasteiger partial charge in [-0.3, -0.25) is 0 Å². The van der Waals surface area contributed by atoms with E-state index in [4.69, 9.17) is 11.0 Å². The van der Waals surface area contributed by atoms with Crippen LogP contribution in [0.25, 0.3) is 33.8 Å². The van der Waals surface area contributed by atoms with E-state index in [9.17, 15) is 8.42 Å². The van der Waals surface area contributed by atoms with Gasteiger partial charge < -0.3 is 10.7 Å². The summed E-state index contributed by atoms with van der Waals surface area (Å²) in [5, 5.41) is 9.03. The van der Waals surface area contributed by atoms with E-state index in [2.05, 4.69) is 26.0 Å². The number of anilines is 1. The largest absolute Gasteiger partial charge is 0.382 e. The molecule has 9 heteroatoms. The number of nitrogens with two attached hydrogens (primary N) is 1. The van der Waals surface area contributed by atoms with Crippen LogP contribution in [0, 0.1) is 11.3 Å². The molecule has 2 aromatic heterocycles. The van der Waals surface area contributed by atoms with E-state index in [1.807, 2.05) is 0 Å². The van der Waals surface area contributed by atoms with Crippen molar-refractivity contribution in [2.24, 2.45) is 0 Å². The second kappa shape index (κ2) is 6.44. The predicted molar refractivity (Wildman–Crippen MR) is 105 cm³/mol. The Morgan fingerprint density at radius 3 is 2.54 bits per heavy atom. The molecule has 0 amide bonds. The molecule has 0 aliphatic carbocycles. The topological polar surface area (TPSA) is 138 Å². The summed E-state index contributed by atoms with van der Waals surface area (Å²) in [4.78, 5) is 16.6. The Bertz CT molecular complexity index is 1350. The number of nitrogen functional groups attached to an aromatic ring is 1. The lowest BCUT2D eigenvalue weighted by molar-refractivity contribution is 0.602. The Hall–Kier alpha value is -3.77. The molecule has 138 valence electrons. The average molecular weight is 390 g/mol. The lowest BCUT2D eigenvalue weighted by Crippen LogP contribution is -2.00. The Balaban J connectivity index is 1.78. The third-order valence-electron chi connectivity index (χ3n) is 4.21. The van der Waals surface area contributed by atoms with Gasteiger partial charge in [0, 0.05) is 11.8 Å². The van der Waals surface area contributed by atoms with Crippen LogP contribution < -0.4 is 5.73 Å². The Morgan fingerprint density at radius 2 is 1.86 bits per heavy atom. The number of benzene rings is 2. The average Bonchev–Trinajstić information content (AvgIpc) is 3.10. The van der Waals surface area contributed by atoms with Gasteiger partial charge in [-0.15, -0.1) is 0 Å². The summed E-state index contributed by atoms with van der Waals surface area (Å²) in [5.41, 5.74) is 9.48. The van der Waals surface area contributed by atoms with Crippen molar-refractivity contribution in [2.75, 3.05) is 12.0 Å². The maximum atomic E-state index is 11.6. The van der Waals surface area contributed by atoms with Crippen LogP contribution in [0.15, 0.2) is 53.6 Å². The summed E-state index contributed by atoms with van der Waals surface area (Å²) in [6.07, 6.45) is 2.67. The summed E-state index contributed by atoms with van der Waals surface area (Å²) >= 11 is 0. The van der Waals surface area contributed by atoms with Crippen molar-refractivity contribution in [3.05, 3.63) is 54.2 Å². The van der Waals surface area contributed by atoms with Gasteiger partial charge in [0.15, 0.2) is 21.5 Å². The monoisotopic (exact) mass is 390 g/mol. The summed E-state index contributed by atoms with van der Waals surface area (Å²) in [7, 11) is -3.27. The first-order valence-corrected chi connectivity index (χ1v) is 10.1. The van der Waals surface area contributed by atoms with Gasteiger partial charge in [0.2, 0.25) is 0 Å². The number of rotatable bonds is 3. The number of hydrogen-bond acceptors (Lipinski definition) is 7. The van der Waals surface area contributed by atoms with Crippen molar-refractivity contribution in [2.45, 2.75) is 4.90 Å². The van der Waals surface area contributed by atoms with Crippen molar-refractivity contribution in [1.82, 2.24) is 19.9 Å². The van der Waals surface area contributed by atoms with Crippen molar-refractivity contribution in [3.8, 4) is 28.8 Å². The van der Waals surface area contributed by atoms with Gasteiger partial charge in [0.1, 0.15) is 5.69 Å². The Labute approximate surface area is 160 Å². The molecule has 0 saturated heterocycles. The molecule has 4 aromatic rings. The van der Waals surface area contributed by atoms with E-state index < -0.39 is 9.84 Å². The molecule has 0 aliphatic rings. The van der Waals surface area contributed by atoms with Gasteiger partial charge in [0.25, 0.3) is 0 Å². The molecule has 8 nitrogen and oxygen atoms in total. The molecule has 2 heterocycles. The molecule has 0 atom stereocenters. The first kappa shape index (κ1) is 17.6. The van der Waals surface area contributed by atoms with Crippen LogP contribution in [0.2, 0.25) is 0 Å². The van der Waals surface area contributed by atoms with Gasteiger partial charge in [-0.05, 0) is 30.3 Å². The zero-order chi connectivity index (χ0) is 19.9. The standard InChI is InChI=1S/C19H14N6O2S/c1-28(26,27)13-5-3-12(4-6-13)16-10-22-18(21)17(23-16)19-24-14-7-2-11(9-20)8-15(14)25-19/h2-8,10H,1H3,(H2,21,22)(H,24,25). The highest BCUT2D eigenvalue weighted by Crippen LogP contribution is 2.27. The molecule has 2 aromatic carbocycles. The van der Waals surface area contributed by atoms with E-state index in [0.717, 1.165) is 6.26 Å². The van der Waals surface area contributed by atoms with Crippen LogP contribution in [0.3, 0.4) is 0 Å². The van der Waals surface area contributed by atoms with Crippen molar-refractivity contribution in [3.63, 3.8) is 0 Å². The molecule has 3 N–H and O–H groups in total. The van der Waals surface area contributed by atoms with Gasteiger partial charge in [-0.2, -0.15) is 5.26 Å². The third kappa shape index (κ3) is 3.17. The fraction of sp³-hybridized carbons (Fsp3) is 0.0526. The van der Waals surface area contributed by atoms with E-state index >= 15 is 0 Å². The molecule has 0 spiro atoms. The fourth-order valence-electron chi connectivity index (χ4n) is 2.78. The highest BCUT2D eigenvalue weighted by molar-refractivity contribution is 7.90. The molecule has 0 aliphatic heterocycles. The number of aromatic nitrogens is 4. The molecule has 0 fully saturated rings. The number of nitrogens with one attached hydrogen (secondary N) is 1. The number of hydrogen-bond donors (Lipinski definition) is 2. The van der Waals surface area contributed by atoms with Crippen LogP contribution in [0.4, 0.5) is 5.82 Å². The number of aromatic amines is 1. The summed E-state index contributed by atoms with van der Waals surface area (Å²) in [6, 6.07) is 13.6. The SMILES string of the molecule is CS(=O)(=O)c1ccc(-c2cnc(N)c(-c3nc4ccc(C#N)cc4[nH]3)n2)cc1. The smallest absolute Gasteiger partial charge is 0.175 e. The minimum atomic E-state index is -3.27. The lowest BCUT2D eigenvalue weighted by Gasteiger charge is -2.06. The predicted octanol–water partition coefficient (Wildman–Crippen LogP) is 2.54. The summed E-state index contributed by atoms with van der Waals surface area (Å²) in [6.45, 7) is 0. The molecule has 4 rings (SSSR count). The number of nitrogens with zero attached hydrogens (tertiary/aromatic N) is 4. The maximum Gasteiger partial charge on any atom is 0.175 e. The lowest BCUT2D eigenvalue weighted by atomic mass is 10.1. The Kier molecular flexibility index (Phi) is 4.05. The number of H-pyrrole nitrogens is 1. The third-order valence-corrected chi connectivity index (χ3v) is 5.34. The quantitative estimate of drug-likeness (QED) is 0.548. The zero-order valence-electron chi connectivity index (χ0n) is 14.7. The van der Waals surface area contributed by atoms with E-state index in [1.165, 1.54) is 18.3 Å². The summed E-state index contributed by atoms with van der Waals surface area (Å²) < 4.78 is 23.2. The molecule has 0 bridgehead atoms. The van der Waals surface area contributed by atoms with E-state index in [-0.39, 0.29) is 10.7 Å².